The van der Waals surface area contributed by atoms with Crippen LogP contribution in [0.5, 0.6) is 5.75 Å². The Morgan fingerprint density at radius 3 is 1.88 bits per heavy atom. The first kappa shape index (κ1) is 24.2. The van der Waals surface area contributed by atoms with E-state index in [9.17, 15) is 31.1 Å². The van der Waals surface area contributed by atoms with Gasteiger partial charge in [-0.2, -0.15) is 26.3 Å². The van der Waals surface area contributed by atoms with E-state index in [0.29, 0.717) is 29.0 Å². The second kappa shape index (κ2) is 9.17. The quantitative estimate of drug-likeness (QED) is 0.392. The Morgan fingerprint density at radius 2 is 1.33 bits per heavy atom. The van der Waals surface area contributed by atoms with E-state index < -0.39 is 35.9 Å². The highest BCUT2D eigenvalue weighted by atomic mass is 19.4. The number of alkyl halides is 6. The summed E-state index contributed by atoms with van der Waals surface area (Å²) in [5, 5.41) is 0. The van der Waals surface area contributed by atoms with Crippen LogP contribution in [0.2, 0.25) is 0 Å². The third-order valence-corrected chi connectivity index (χ3v) is 4.97. The lowest BCUT2D eigenvalue weighted by molar-refractivity contribution is -0.143. The number of ether oxygens (including phenoxy) is 1. The van der Waals surface area contributed by atoms with Crippen LogP contribution in [-0.2, 0) is 18.9 Å². The van der Waals surface area contributed by atoms with Gasteiger partial charge in [0.15, 0.2) is 0 Å². The first-order valence-electron chi connectivity index (χ1n) is 9.68. The SMILES string of the molecule is COc1ccccc1-c1ccccc1C(=O)N(C)Cc1cc(C(F)(F)F)cc(C(F)(F)F)c1. The summed E-state index contributed by atoms with van der Waals surface area (Å²) in [6.45, 7) is -0.452. The summed E-state index contributed by atoms with van der Waals surface area (Å²) in [6.07, 6.45) is -9.93. The van der Waals surface area contributed by atoms with E-state index in [4.69, 9.17) is 4.74 Å². The molecule has 0 bridgehead atoms. The van der Waals surface area contributed by atoms with E-state index in [1.54, 1.807) is 42.5 Å². The van der Waals surface area contributed by atoms with Crippen LogP contribution in [0.4, 0.5) is 26.3 Å². The van der Waals surface area contributed by atoms with Crippen LogP contribution in [0.15, 0.2) is 66.7 Å². The smallest absolute Gasteiger partial charge is 0.416 e. The van der Waals surface area contributed by atoms with Gasteiger partial charge in [-0.1, -0.05) is 36.4 Å². The van der Waals surface area contributed by atoms with Crippen molar-refractivity contribution in [2.75, 3.05) is 14.2 Å². The van der Waals surface area contributed by atoms with Crippen LogP contribution >= 0.6 is 0 Å². The molecule has 0 aliphatic heterocycles. The molecule has 0 aromatic heterocycles. The molecule has 0 heterocycles. The number of amides is 1. The molecule has 0 unspecified atom stereocenters. The monoisotopic (exact) mass is 467 g/mol. The number of carbonyl (C=O) groups is 1. The minimum Gasteiger partial charge on any atom is -0.496 e. The number of halogens is 6. The number of hydrogen-bond donors (Lipinski definition) is 0. The topological polar surface area (TPSA) is 29.5 Å². The lowest BCUT2D eigenvalue weighted by Crippen LogP contribution is -2.27. The average molecular weight is 467 g/mol. The highest BCUT2D eigenvalue weighted by Gasteiger charge is 2.37. The van der Waals surface area contributed by atoms with E-state index in [1.807, 2.05) is 0 Å². The van der Waals surface area contributed by atoms with E-state index in [1.165, 1.54) is 20.2 Å². The van der Waals surface area contributed by atoms with E-state index >= 15 is 0 Å². The van der Waals surface area contributed by atoms with Gasteiger partial charge in [0.2, 0.25) is 0 Å². The highest BCUT2D eigenvalue weighted by Crippen LogP contribution is 2.37. The zero-order valence-corrected chi connectivity index (χ0v) is 17.6. The number of rotatable bonds is 5. The Labute approximate surface area is 186 Å². The van der Waals surface area contributed by atoms with Crippen molar-refractivity contribution in [3.63, 3.8) is 0 Å². The molecule has 0 aliphatic carbocycles. The molecular formula is C24H19F6NO2. The van der Waals surface area contributed by atoms with E-state index in [2.05, 4.69) is 0 Å². The summed E-state index contributed by atoms with van der Waals surface area (Å²) in [6, 6.07) is 14.8. The van der Waals surface area contributed by atoms with Crippen molar-refractivity contribution in [1.82, 2.24) is 4.90 Å². The van der Waals surface area contributed by atoms with Gasteiger partial charge in [-0.15, -0.1) is 0 Å². The summed E-state index contributed by atoms with van der Waals surface area (Å²) >= 11 is 0. The van der Waals surface area contributed by atoms with Crippen LogP contribution in [-0.4, -0.2) is 25.0 Å². The Balaban J connectivity index is 1.97. The second-order valence-corrected chi connectivity index (χ2v) is 7.32. The van der Waals surface area contributed by atoms with Crippen molar-refractivity contribution < 1.29 is 35.9 Å². The lowest BCUT2D eigenvalue weighted by Gasteiger charge is -2.21. The molecule has 0 saturated heterocycles. The molecule has 9 heteroatoms. The van der Waals surface area contributed by atoms with Gasteiger partial charge in [0, 0.05) is 24.7 Å². The maximum atomic E-state index is 13.1. The molecule has 0 saturated carbocycles. The highest BCUT2D eigenvalue weighted by molar-refractivity contribution is 6.01. The minimum atomic E-state index is -4.96. The summed E-state index contributed by atoms with van der Waals surface area (Å²) < 4.78 is 84.2. The molecule has 0 fully saturated rings. The number of carbonyl (C=O) groups excluding carboxylic acids is 1. The summed E-state index contributed by atoms with van der Waals surface area (Å²) in [7, 11) is 2.79. The van der Waals surface area contributed by atoms with Crippen LogP contribution < -0.4 is 4.74 Å². The van der Waals surface area contributed by atoms with Crippen LogP contribution in [0.1, 0.15) is 27.0 Å². The maximum Gasteiger partial charge on any atom is 0.416 e. The molecule has 3 nitrogen and oxygen atoms in total. The Morgan fingerprint density at radius 1 is 0.818 bits per heavy atom. The predicted octanol–water partition coefficient (Wildman–Crippen LogP) is 6.67. The molecular weight excluding hydrogens is 448 g/mol. The van der Waals surface area contributed by atoms with Crippen molar-refractivity contribution in [3.8, 4) is 16.9 Å². The largest absolute Gasteiger partial charge is 0.496 e. The zero-order chi connectivity index (χ0) is 24.4. The van der Waals surface area contributed by atoms with Crippen molar-refractivity contribution in [2.45, 2.75) is 18.9 Å². The normalized spacial score (nSPS) is 11.9. The van der Waals surface area contributed by atoms with Crippen LogP contribution in [0, 0.1) is 0 Å². The molecule has 3 rings (SSSR count). The van der Waals surface area contributed by atoms with Gasteiger partial charge >= 0.3 is 12.4 Å². The van der Waals surface area contributed by atoms with Crippen molar-refractivity contribution in [1.29, 1.82) is 0 Å². The number of methoxy groups -OCH3 is 1. The maximum absolute atomic E-state index is 13.1. The Hall–Kier alpha value is -3.49. The third-order valence-electron chi connectivity index (χ3n) is 4.97. The van der Waals surface area contributed by atoms with Gasteiger partial charge in [0.1, 0.15) is 5.75 Å². The molecule has 0 atom stereocenters. The van der Waals surface area contributed by atoms with Crippen LogP contribution in [0.25, 0.3) is 11.1 Å². The predicted molar refractivity (Wildman–Crippen MR) is 111 cm³/mol. The second-order valence-electron chi connectivity index (χ2n) is 7.32. The van der Waals surface area contributed by atoms with Gasteiger partial charge in [0.25, 0.3) is 5.91 Å². The van der Waals surface area contributed by atoms with E-state index in [-0.39, 0.29) is 17.2 Å². The van der Waals surface area contributed by atoms with Crippen LogP contribution in [0.3, 0.4) is 0 Å². The Kier molecular flexibility index (Phi) is 6.71. The average Bonchev–Trinajstić information content (AvgIpc) is 2.77. The number of para-hydroxylation sites is 1. The van der Waals surface area contributed by atoms with Gasteiger partial charge < -0.3 is 9.64 Å². The molecule has 1 amide bonds. The lowest BCUT2D eigenvalue weighted by atomic mass is 9.97. The number of nitrogens with zero attached hydrogens (tertiary/aromatic N) is 1. The third kappa shape index (κ3) is 5.47. The Bertz CT molecular complexity index is 1120. The fraction of sp³-hybridized carbons (Fsp3) is 0.208. The first-order valence-corrected chi connectivity index (χ1v) is 9.68. The number of benzene rings is 3. The van der Waals surface area contributed by atoms with Gasteiger partial charge in [-0.3, -0.25) is 4.79 Å². The van der Waals surface area contributed by atoms with Gasteiger partial charge in [0.05, 0.1) is 18.2 Å². The molecule has 33 heavy (non-hydrogen) atoms. The molecule has 0 N–H and O–H groups in total. The molecule has 0 radical (unpaired) electrons. The molecule has 3 aromatic rings. The molecule has 174 valence electrons. The van der Waals surface area contributed by atoms with Gasteiger partial charge in [-0.05, 0) is 41.5 Å². The molecule has 0 aliphatic rings. The summed E-state index contributed by atoms with van der Waals surface area (Å²) in [4.78, 5) is 14.2. The standard InChI is InChI=1S/C24H19F6NO2/c1-31(14-15-11-16(23(25,26)27)13-17(12-15)24(28,29)30)22(32)20-9-4-3-7-18(20)19-8-5-6-10-21(19)33-2/h3-13H,14H2,1-2H3. The van der Waals surface area contributed by atoms with Crippen molar-refractivity contribution in [2.24, 2.45) is 0 Å². The summed E-state index contributed by atoms with van der Waals surface area (Å²) in [5.74, 6) is -0.0597. The molecule has 0 spiro atoms. The number of hydrogen-bond acceptors (Lipinski definition) is 2. The summed E-state index contributed by atoms with van der Waals surface area (Å²) in [5.41, 5.74) is -1.77. The fourth-order valence-electron chi connectivity index (χ4n) is 3.43. The van der Waals surface area contributed by atoms with Crippen molar-refractivity contribution >= 4 is 5.91 Å². The minimum absolute atomic E-state index is 0.0578. The van der Waals surface area contributed by atoms with E-state index in [0.717, 1.165) is 4.90 Å². The molecule has 3 aromatic carbocycles. The van der Waals surface area contributed by atoms with Crippen molar-refractivity contribution in [3.05, 3.63) is 89.0 Å². The zero-order valence-electron chi connectivity index (χ0n) is 17.6. The first-order chi connectivity index (χ1) is 15.4. The van der Waals surface area contributed by atoms with Gasteiger partial charge in [-0.25, -0.2) is 0 Å². The fourth-order valence-corrected chi connectivity index (χ4v) is 3.43.